The first kappa shape index (κ1) is 8.34. The van der Waals surface area contributed by atoms with E-state index in [1.165, 1.54) is 0 Å². The summed E-state index contributed by atoms with van der Waals surface area (Å²) in [6.07, 6.45) is 1.57. The maximum Gasteiger partial charge on any atom is 0.102 e. The quantitative estimate of drug-likeness (QED) is 0.546. The smallest absolute Gasteiger partial charge is 0.102 e. The van der Waals surface area contributed by atoms with Crippen molar-refractivity contribution in [2.75, 3.05) is 0 Å². The Hall–Kier alpha value is -0.660. The van der Waals surface area contributed by atoms with Gasteiger partial charge in [-0.3, -0.25) is 0 Å². The maximum absolute atomic E-state index is 5.34. The van der Waals surface area contributed by atoms with Gasteiger partial charge in [0, 0.05) is 5.70 Å². The fraction of sp³-hybridized carbons (Fsp3) is 0.714. The summed E-state index contributed by atoms with van der Waals surface area (Å²) < 4.78 is 5.20. The van der Waals surface area contributed by atoms with Crippen LogP contribution < -0.4 is 5.73 Å². The van der Waals surface area contributed by atoms with E-state index in [-0.39, 0.29) is 5.60 Å². The normalized spacial score (nSPS) is 13.6. The Labute approximate surface area is 56.7 Å². The van der Waals surface area contributed by atoms with E-state index in [1.807, 2.05) is 20.8 Å². The van der Waals surface area contributed by atoms with Gasteiger partial charge in [0.05, 0.1) is 5.60 Å². The first-order valence-electron chi connectivity index (χ1n) is 3.02. The van der Waals surface area contributed by atoms with Crippen LogP contribution in [-0.2, 0) is 4.74 Å². The minimum atomic E-state index is -0.124. The molecule has 0 amide bonds. The second-order valence-corrected chi connectivity index (χ2v) is 3.09. The lowest BCUT2D eigenvalue weighted by Crippen LogP contribution is -2.16. The first-order valence-corrected chi connectivity index (χ1v) is 3.02. The van der Waals surface area contributed by atoms with Crippen molar-refractivity contribution in [2.24, 2.45) is 5.73 Å². The summed E-state index contributed by atoms with van der Waals surface area (Å²) in [6.45, 7) is 7.73. The van der Waals surface area contributed by atoms with E-state index in [9.17, 15) is 0 Å². The van der Waals surface area contributed by atoms with Crippen molar-refractivity contribution in [3.63, 3.8) is 0 Å². The van der Waals surface area contributed by atoms with E-state index in [4.69, 9.17) is 10.5 Å². The van der Waals surface area contributed by atoms with E-state index >= 15 is 0 Å². The van der Waals surface area contributed by atoms with Crippen LogP contribution in [0, 0.1) is 0 Å². The van der Waals surface area contributed by atoms with E-state index in [0.29, 0.717) is 5.70 Å². The van der Waals surface area contributed by atoms with Crippen LogP contribution in [0.25, 0.3) is 0 Å². The molecule has 0 rings (SSSR count). The molecule has 0 heterocycles. The van der Waals surface area contributed by atoms with Crippen LogP contribution in [0.15, 0.2) is 12.0 Å². The number of hydrogen-bond acceptors (Lipinski definition) is 2. The summed E-state index contributed by atoms with van der Waals surface area (Å²) in [7, 11) is 0. The molecular weight excluding hydrogens is 114 g/mol. The Morgan fingerprint density at radius 1 is 1.44 bits per heavy atom. The Morgan fingerprint density at radius 2 is 1.89 bits per heavy atom. The third kappa shape index (κ3) is 7.34. The van der Waals surface area contributed by atoms with Crippen molar-refractivity contribution < 1.29 is 4.74 Å². The number of ether oxygens (including phenoxy) is 1. The molecule has 0 bridgehead atoms. The van der Waals surface area contributed by atoms with Crippen molar-refractivity contribution in [1.82, 2.24) is 0 Å². The summed E-state index contributed by atoms with van der Waals surface area (Å²) in [5.41, 5.74) is 5.91. The minimum absolute atomic E-state index is 0.124. The van der Waals surface area contributed by atoms with Crippen molar-refractivity contribution in [3.05, 3.63) is 12.0 Å². The fourth-order valence-electron chi connectivity index (χ4n) is 0.270. The molecule has 0 aromatic heterocycles. The fourth-order valence-corrected chi connectivity index (χ4v) is 0.270. The van der Waals surface area contributed by atoms with Gasteiger partial charge in [-0.15, -0.1) is 0 Å². The Kier molecular flexibility index (Phi) is 2.56. The van der Waals surface area contributed by atoms with E-state index in [0.717, 1.165) is 0 Å². The zero-order valence-corrected chi connectivity index (χ0v) is 6.56. The second-order valence-electron chi connectivity index (χ2n) is 3.09. The van der Waals surface area contributed by atoms with E-state index < -0.39 is 0 Å². The van der Waals surface area contributed by atoms with Gasteiger partial charge in [0.2, 0.25) is 0 Å². The lowest BCUT2D eigenvalue weighted by Gasteiger charge is -2.17. The highest BCUT2D eigenvalue weighted by atomic mass is 16.5. The van der Waals surface area contributed by atoms with Crippen molar-refractivity contribution in [3.8, 4) is 0 Å². The van der Waals surface area contributed by atoms with Gasteiger partial charge in [-0.05, 0) is 27.7 Å². The topological polar surface area (TPSA) is 35.2 Å². The number of rotatable bonds is 1. The molecule has 0 aromatic carbocycles. The highest BCUT2D eigenvalue weighted by Gasteiger charge is 2.07. The van der Waals surface area contributed by atoms with Crippen LogP contribution in [0.4, 0.5) is 0 Å². The molecule has 2 heteroatoms. The standard InChI is InChI=1S/C7H15NO/c1-6(8)5-9-7(2,3)4/h5H,8H2,1-4H3/b6-5-. The summed E-state index contributed by atoms with van der Waals surface area (Å²) in [4.78, 5) is 0. The number of nitrogens with two attached hydrogens (primary N) is 1. The molecule has 0 unspecified atom stereocenters. The molecule has 2 N–H and O–H groups in total. The largest absolute Gasteiger partial charge is 0.494 e. The van der Waals surface area contributed by atoms with Gasteiger partial charge in [-0.1, -0.05) is 0 Å². The van der Waals surface area contributed by atoms with Gasteiger partial charge in [0.1, 0.15) is 6.26 Å². The van der Waals surface area contributed by atoms with Crippen molar-refractivity contribution in [2.45, 2.75) is 33.3 Å². The van der Waals surface area contributed by atoms with Gasteiger partial charge in [-0.2, -0.15) is 0 Å². The van der Waals surface area contributed by atoms with Crippen molar-refractivity contribution in [1.29, 1.82) is 0 Å². The summed E-state index contributed by atoms with van der Waals surface area (Å²) in [5, 5.41) is 0. The molecular formula is C7H15NO. The molecule has 0 aromatic rings. The predicted octanol–water partition coefficient (Wildman–Crippen LogP) is 1.62. The van der Waals surface area contributed by atoms with Crippen LogP contribution in [0.2, 0.25) is 0 Å². The second kappa shape index (κ2) is 2.76. The van der Waals surface area contributed by atoms with Gasteiger partial charge < -0.3 is 10.5 Å². The number of hydrogen-bond donors (Lipinski definition) is 1. The molecule has 54 valence electrons. The van der Waals surface area contributed by atoms with Crippen LogP contribution in [0.1, 0.15) is 27.7 Å². The molecule has 0 saturated heterocycles. The molecule has 0 aliphatic heterocycles. The molecule has 0 atom stereocenters. The van der Waals surface area contributed by atoms with Gasteiger partial charge in [0.15, 0.2) is 0 Å². The summed E-state index contributed by atoms with van der Waals surface area (Å²) >= 11 is 0. The highest BCUT2D eigenvalue weighted by molar-refractivity contribution is 4.85. The molecule has 0 spiro atoms. The summed E-state index contributed by atoms with van der Waals surface area (Å²) in [6, 6.07) is 0. The lowest BCUT2D eigenvalue weighted by atomic mass is 10.2. The summed E-state index contributed by atoms with van der Waals surface area (Å²) in [5.74, 6) is 0. The first-order chi connectivity index (χ1) is 3.92. The van der Waals surface area contributed by atoms with Gasteiger partial charge >= 0.3 is 0 Å². The average Bonchev–Trinajstić information content (AvgIpc) is 1.59. The molecule has 0 aliphatic rings. The SMILES string of the molecule is C/C(N)=C/OC(C)(C)C. The molecule has 0 aliphatic carbocycles. The van der Waals surface area contributed by atoms with Crippen LogP contribution >= 0.6 is 0 Å². The third-order valence-corrected chi connectivity index (χ3v) is 0.598. The van der Waals surface area contributed by atoms with Crippen molar-refractivity contribution >= 4 is 0 Å². The van der Waals surface area contributed by atoms with E-state index in [1.54, 1.807) is 13.2 Å². The molecule has 9 heavy (non-hydrogen) atoms. The predicted molar refractivity (Wildman–Crippen MR) is 38.8 cm³/mol. The average molecular weight is 129 g/mol. The molecule has 0 radical (unpaired) electrons. The Morgan fingerprint density at radius 3 is 2.00 bits per heavy atom. The zero-order valence-electron chi connectivity index (χ0n) is 6.56. The monoisotopic (exact) mass is 129 g/mol. The Bertz CT molecular complexity index is 107. The molecule has 0 saturated carbocycles. The molecule has 0 fully saturated rings. The number of allylic oxidation sites excluding steroid dienone is 1. The van der Waals surface area contributed by atoms with Crippen LogP contribution in [0.5, 0.6) is 0 Å². The van der Waals surface area contributed by atoms with Gasteiger partial charge in [-0.25, -0.2) is 0 Å². The maximum atomic E-state index is 5.34. The highest BCUT2D eigenvalue weighted by Crippen LogP contribution is 2.06. The van der Waals surface area contributed by atoms with Crippen LogP contribution in [-0.4, -0.2) is 5.60 Å². The van der Waals surface area contributed by atoms with Gasteiger partial charge in [0.25, 0.3) is 0 Å². The molecule has 2 nitrogen and oxygen atoms in total. The third-order valence-electron chi connectivity index (χ3n) is 0.598. The minimum Gasteiger partial charge on any atom is -0.494 e. The lowest BCUT2D eigenvalue weighted by molar-refractivity contribution is 0.0749. The zero-order chi connectivity index (χ0) is 7.49. The van der Waals surface area contributed by atoms with E-state index in [2.05, 4.69) is 0 Å². The van der Waals surface area contributed by atoms with Crippen LogP contribution in [0.3, 0.4) is 0 Å². The Balaban J connectivity index is 3.64.